The number of rotatable bonds is 5. The zero-order chi connectivity index (χ0) is 22.5. The highest BCUT2D eigenvalue weighted by molar-refractivity contribution is 6.39. The number of piperazine rings is 1. The SMILES string of the molecule is Cc1ccc([C@H](CNC(=O)C(=O)Nc2c(C)cc(C)cc2C)[NH+]2CC[NH+](C)CC2)cc1. The first-order valence-electron chi connectivity index (χ1n) is 11.1. The van der Waals surface area contributed by atoms with Crippen molar-refractivity contribution in [1.82, 2.24) is 5.32 Å². The van der Waals surface area contributed by atoms with E-state index >= 15 is 0 Å². The van der Waals surface area contributed by atoms with Gasteiger partial charge in [-0.25, -0.2) is 0 Å². The maximum atomic E-state index is 12.6. The molecule has 1 saturated heterocycles. The molecule has 2 aromatic carbocycles. The summed E-state index contributed by atoms with van der Waals surface area (Å²) in [5.74, 6) is -1.20. The van der Waals surface area contributed by atoms with Crippen molar-refractivity contribution >= 4 is 17.5 Å². The molecule has 1 atom stereocenters. The van der Waals surface area contributed by atoms with Crippen LogP contribution in [0.25, 0.3) is 0 Å². The van der Waals surface area contributed by atoms with Crippen LogP contribution in [0.5, 0.6) is 0 Å². The van der Waals surface area contributed by atoms with Gasteiger partial charge < -0.3 is 20.4 Å². The maximum absolute atomic E-state index is 12.6. The third-order valence-electron chi connectivity index (χ3n) is 6.31. The molecule has 1 aliphatic heterocycles. The van der Waals surface area contributed by atoms with Gasteiger partial charge in [0.15, 0.2) is 0 Å². The molecule has 31 heavy (non-hydrogen) atoms. The molecule has 0 aliphatic carbocycles. The number of benzene rings is 2. The van der Waals surface area contributed by atoms with Crippen LogP contribution in [0.15, 0.2) is 36.4 Å². The summed E-state index contributed by atoms with van der Waals surface area (Å²) in [6.45, 7) is 12.7. The van der Waals surface area contributed by atoms with E-state index in [0.717, 1.165) is 42.9 Å². The first kappa shape index (κ1) is 23.0. The molecule has 166 valence electrons. The molecule has 0 aromatic heterocycles. The molecule has 1 fully saturated rings. The molecule has 0 saturated carbocycles. The molecule has 6 heteroatoms. The van der Waals surface area contributed by atoms with Crippen molar-refractivity contribution in [3.05, 3.63) is 64.2 Å². The zero-order valence-electron chi connectivity index (χ0n) is 19.4. The molecule has 6 nitrogen and oxygen atoms in total. The monoisotopic (exact) mass is 424 g/mol. The number of likely N-dealkylation sites (N-methyl/N-ethyl adjacent to an activating group) is 1. The van der Waals surface area contributed by atoms with Crippen LogP contribution < -0.4 is 20.4 Å². The summed E-state index contributed by atoms with van der Waals surface area (Å²) in [7, 11) is 2.22. The van der Waals surface area contributed by atoms with E-state index in [2.05, 4.69) is 48.9 Å². The number of hydrogen-bond donors (Lipinski definition) is 4. The average molecular weight is 425 g/mol. The quantitative estimate of drug-likeness (QED) is 0.516. The Hall–Kier alpha value is -2.70. The molecule has 1 aliphatic rings. The lowest BCUT2D eigenvalue weighted by Gasteiger charge is -2.33. The molecule has 0 bridgehead atoms. The van der Waals surface area contributed by atoms with Crippen molar-refractivity contribution in [2.24, 2.45) is 0 Å². The first-order valence-corrected chi connectivity index (χ1v) is 11.1. The number of nitrogens with one attached hydrogen (secondary N) is 4. The summed E-state index contributed by atoms with van der Waals surface area (Å²) in [6, 6.07) is 12.7. The summed E-state index contributed by atoms with van der Waals surface area (Å²) in [5, 5.41) is 5.70. The molecule has 4 N–H and O–H groups in total. The van der Waals surface area contributed by atoms with Crippen LogP contribution in [0, 0.1) is 27.7 Å². The van der Waals surface area contributed by atoms with Gasteiger partial charge in [0.25, 0.3) is 0 Å². The van der Waals surface area contributed by atoms with E-state index in [4.69, 9.17) is 0 Å². The van der Waals surface area contributed by atoms with Crippen LogP contribution in [0.1, 0.15) is 33.9 Å². The van der Waals surface area contributed by atoms with E-state index in [9.17, 15) is 9.59 Å². The topological polar surface area (TPSA) is 67.1 Å². The molecule has 2 aromatic rings. The number of carbonyl (C=O) groups is 2. The fourth-order valence-electron chi connectivity index (χ4n) is 4.47. The lowest BCUT2D eigenvalue weighted by atomic mass is 10.0. The Morgan fingerprint density at radius 1 is 0.871 bits per heavy atom. The highest BCUT2D eigenvalue weighted by Gasteiger charge is 2.30. The lowest BCUT2D eigenvalue weighted by Crippen LogP contribution is -3.27. The second kappa shape index (κ2) is 10.1. The van der Waals surface area contributed by atoms with Gasteiger partial charge in [0.2, 0.25) is 0 Å². The molecule has 0 spiro atoms. The fourth-order valence-corrected chi connectivity index (χ4v) is 4.47. The Kier molecular flexibility index (Phi) is 7.46. The zero-order valence-corrected chi connectivity index (χ0v) is 19.4. The number of amides is 2. The highest BCUT2D eigenvalue weighted by Crippen LogP contribution is 2.21. The largest absolute Gasteiger partial charge is 0.341 e. The van der Waals surface area contributed by atoms with Crippen molar-refractivity contribution < 1.29 is 19.4 Å². The van der Waals surface area contributed by atoms with Crippen molar-refractivity contribution in [1.29, 1.82) is 0 Å². The summed E-state index contributed by atoms with van der Waals surface area (Å²) >= 11 is 0. The molecule has 0 radical (unpaired) electrons. The smallest absolute Gasteiger partial charge is 0.313 e. The van der Waals surface area contributed by atoms with Gasteiger partial charge in [0.1, 0.15) is 32.2 Å². The van der Waals surface area contributed by atoms with E-state index in [1.54, 1.807) is 4.90 Å². The third-order valence-corrected chi connectivity index (χ3v) is 6.31. The molecular weight excluding hydrogens is 388 g/mol. The van der Waals surface area contributed by atoms with Crippen molar-refractivity contribution in [3.63, 3.8) is 0 Å². The molecule has 3 rings (SSSR count). The fraction of sp³-hybridized carbons (Fsp3) is 0.440. The van der Waals surface area contributed by atoms with Gasteiger partial charge in [-0.1, -0.05) is 47.5 Å². The van der Waals surface area contributed by atoms with Crippen LogP contribution in [-0.2, 0) is 9.59 Å². The minimum Gasteiger partial charge on any atom is -0.341 e. The Labute approximate surface area is 185 Å². The Bertz CT molecular complexity index is 908. The van der Waals surface area contributed by atoms with E-state index in [1.165, 1.54) is 16.0 Å². The van der Waals surface area contributed by atoms with Crippen LogP contribution >= 0.6 is 0 Å². The number of quaternary nitrogens is 2. The second-order valence-electron chi connectivity index (χ2n) is 9.02. The predicted octanol–water partition coefficient (Wildman–Crippen LogP) is 0.129. The number of carbonyl (C=O) groups excluding carboxylic acids is 2. The van der Waals surface area contributed by atoms with Gasteiger partial charge in [-0.3, -0.25) is 9.59 Å². The van der Waals surface area contributed by atoms with Crippen LogP contribution in [0.3, 0.4) is 0 Å². The number of anilines is 1. The Morgan fingerprint density at radius 3 is 2.03 bits per heavy atom. The van der Waals surface area contributed by atoms with Gasteiger partial charge in [0.05, 0.1) is 13.6 Å². The van der Waals surface area contributed by atoms with Crippen LogP contribution in [0.2, 0.25) is 0 Å². The standard InChI is InChI=1S/C25H34N4O2/c1-17-6-8-21(9-7-17)22(29-12-10-28(5)11-13-29)16-26-24(30)25(31)27-23-19(3)14-18(2)15-20(23)4/h6-9,14-15,22H,10-13,16H2,1-5H3,(H,26,30)(H,27,31)/p+2/t22-/m0/s1. The highest BCUT2D eigenvalue weighted by atomic mass is 16.2. The van der Waals surface area contributed by atoms with Gasteiger partial charge in [-0.15, -0.1) is 0 Å². The second-order valence-corrected chi connectivity index (χ2v) is 9.02. The number of aryl methyl sites for hydroxylation is 4. The molecule has 2 amide bonds. The average Bonchev–Trinajstić information content (AvgIpc) is 2.72. The molecule has 1 heterocycles. The summed E-state index contributed by atoms with van der Waals surface area (Å²) in [4.78, 5) is 28.2. The first-order chi connectivity index (χ1) is 14.7. The number of hydrogen-bond acceptors (Lipinski definition) is 2. The predicted molar refractivity (Wildman–Crippen MR) is 124 cm³/mol. The normalized spacial score (nSPS) is 19.5. The summed E-state index contributed by atoms with van der Waals surface area (Å²) in [6.07, 6.45) is 0. The Balaban J connectivity index is 1.68. The summed E-state index contributed by atoms with van der Waals surface area (Å²) in [5.41, 5.74) is 6.18. The summed E-state index contributed by atoms with van der Waals surface area (Å²) < 4.78 is 0. The van der Waals surface area contributed by atoms with Crippen molar-refractivity contribution in [2.45, 2.75) is 33.7 Å². The van der Waals surface area contributed by atoms with Gasteiger partial charge >= 0.3 is 11.8 Å². The lowest BCUT2D eigenvalue weighted by molar-refractivity contribution is -1.02. The third kappa shape index (κ3) is 5.93. The van der Waals surface area contributed by atoms with Crippen LogP contribution in [-0.4, -0.2) is 51.6 Å². The van der Waals surface area contributed by atoms with Gasteiger partial charge in [-0.05, 0) is 38.8 Å². The van der Waals surface area contributed by atoms with Gasteiger partial charge in [-0.2, -0.15) is 0 Å². The van der Waals surface area contributed by atoms with Gasteiger partial charge in [0, 0.05) is 11.3 Å². The van der Waals surface area contributed by atoms with E-state index in [1.807, 2.05) is 32.9 Å². The van der Waals surface area contributed by atoms with Crippen molar-refractivity contribution in [2.75, 3.05) is 45.1 Å². The maximum Gasteiger partial charge on any atom is 0.313 e. The Morgan fingerprint density at radius 2 is 1.45 bits per heavy atom. The molecular formula is C25H36N4O2+2. The van der Waals surface area contributed by atoms with E-state index in [-0.39, 0.29) is 6.04 Å². The van der Waals surface area contributed by atoms with E-state index in [0.29, 0.717) is 12.2 Å². The minimum absolute atomic E-state index is 0.133. The van der Waals surface area contributed by atoms with Crippen molar-refractivity contribution in [3.8, 4) is 0 Å². The molecule has 0 unspecified atom stereocenters. The van der Waals surface area contributed by atoms with Crippen LogP contribution in [0.4, 0.5) is 5.69 Å². The minimum atomic E-state index is -0.615. The van der Waals surface area contributed by atoms with E-state index < -0.39 is 11.8 Å².